The average molecular weight is 338 g/mol. The van der Waals surface area contributed by atoms with Crippen molar-refractivity contribution < 1.29 is 4.74 Å². The molecule has 0 amide bonds. The van der Waals surface area contributed by atoms with Crippen LogP contribution in [0.15, 0.2) is 48.0 Å². The number of nitrogens with zero attached hydrogens (tertiary/aromatic N) is 3. The van der Waals surface area contributed by atoms with Gasteiger partial charge in [0.2, 0.25) is 0 Å². The highest BCUT2D eigenvalue weighted by molar-refractivity contribution is 5.85. The number of ether oxygens (including phenoxy) is 1. The van der Waals surface area contributed by atoms with E-state index < -0.39 is 0 Å². The largest absolute Gasteiger partial charge is 0.491 e. The molecular formula is C16H24ClN5O. The Morgan fingerprint density at radius 1 is 1.13 bits per heavy atom. The summed E-state index contributed by atoms with van der Waals surface area (Å²) in [5.41, 5.74) is 11.6. The third-order valence-electron chi connectivity index (χ3n) is 3.25. The van der Waals surface area contributed by atoms with Crippen molar-refractivity contribution in [1.82, 2.24) is 9.55 Å². The molecule has 1 aromatic carbocycles. The number of halogens is 1. The van der Waals surface area contributed by atoms with Crippen molar-refractivity contribution in [1.29, 1.82) is 0 Å². The molecule has 0 bridgehead atoms. The number of unbranched alkanes of at least 4 members (excludes halogenated alkanes) is 3. The van der Waals surface area contributed by atoms with E-state index in [1.807, 2.05) is 35.0 Å². The quantitative estimate of drug-likeness (QED) is 0.418. The highest BCUT2D eigenvalue weighted by Gasteiger charge is 2.04. The molecule has 0 aliphatic rings. The summed E-state index contributed by atoms with van der Waals surface area (Å²) < 4.78 is 7.84. The first kappa shape index (κ1) is 18.8. The van der Waals surface area contributed by atoms with Gasteiger partial charge in [0.25, 0.3) is 0 Å². The van der Waals surface area contributed by atoms with E-state index in [2.05, 4.69) is 9.98 Å². The lowest BCUT2D eigenvalue weighted by Gasteiger charge is -2.11. The highest BCUT2D eigenvalue weighted by atomic mass is 35.5. The Kier molecular flexibility index (Phi) is 8.60. The third-order valence-corrected chi connectivity index (χ3v) is 3.25. The van der Waals surface area contributed by atoms with Crippen molar-refractivity contribution >= 4 is 18.4 Å². The van der Waals surface area contributed by atoms with Gasteiger partial charge in [0.05, 0.1) is 18.6 Å². The molecule has 2 rings (SSSR count). The Labute approximate surface area is 143 Å². The Bertz CT molecular complexity index is 582. The molecule has 0 spiro atoms. The van der Waals surface area contributed by atoms with Gasteiger partial charge in [-0.15, -0.1) is 12.4 Å². The second-order valence-corrected chi connectivity index (χ2v) is 5.01. The Hall–Kier alpha value is -2.21. The van der Waals surface area contributed by atoms with Crippen LogP contribution in [-0.4, -0.2) is 28.7 Å². The van der Waals surface area contributed by atoms with Crippen LogP contribution in [-0.2, 0) is 0 Å². The fraction of sp³-hybridized carbons (Fsp3) is 0.375. The van der Waals surface area contributed by atoms with Crippen molar-refractivity contribution in [3.63, 3.8) is 0 Å². The Balaban J connectivity index is 0.00000264. The summed E-state index contributed by atoms with van der Waals surface area (Å²) in [5, 5.41) is 0. The van der Waals surface area contributed by atoms with Crippen LogP contribution in [0.25, 0.3) is 5.69 Å². The molecule has 0 saturated heterocycles. The van der Waals surface area contributed by atoms with Gasteiger partial charge < -0.3 is 20.8 Å². The number of imidazole rings is 1. The van der Waals surface area contributed by atoms with Gasteiger partial charge in [0.1, 0.15) is 5.75 Å². The highest BCUT2D eigenvalue weighted by Crippen LogP contribution is 2.22. The maximum absolute atomic E-state index is 5.89. The SMILES string of the molecule is Cl.NC(N)=NCCCCCCOc1ccccc1-n1ccnc1. The van der Waals surface area contributed by atoms with Gasteiger partial charge in [-0.25, -0.2) is 4.98 Å². The lowest BCUT2D eigenvalue weighted by atomic mass is 10.2. The predicted octanol–water partition coefficient (Wildman–Crippen LogP) is 2.51. The zero-order valence-corrected chi connectivity index (χ0v) is 13.9. The molecular weight excluding hydrogens is 314 g/mol. The van der Waals surface area contributed by atoms with Crippen molar-refractivity contribution in [2.75, 3.05) is 13.2 Å². The summed E-state index contributed by atoms with van der Waals surface area (Å²) in [5.74, 6) is 1.04. The van der Waals surface area contributed by atoms with Gasteiger partial charge in [-0.2, -0.15) is 0 Å². The fourth-order valence-corrected chi connectivity index (χ4v) is 2.15. The summed E-state index contributed by atoms with van der Waals surface area (Å²) in [4.78, 5) is 8.03. The summed E-state index contributed by atoms with van der Waals surface area (Å²) in [6.07, 6.45) is 9.66. The number of benzene rings is 1. The average Bonchev–Trinajstić information content (AvgIpc) is 3.04. The van der Waals surface area contributed by atoms with Crippen molar-refractivity contribution in [3.05, 3.63) is 43.0 Å². The molecule has 0 aliphatic carbocycles. The number of nitrogens with two attached hydrogens (primary N) is 2. The van der Waals surface area contributed by atoms with E-state index in [0.29, 0.717) is 13.2 Å². The van der Waals surface area contributed by atoms with Crippen LogP contribution in [0.1, 0.15) is 25.7 Å². The first-order chi connectivity index (χ1) is 10.8. The van der Waals surface area contributed by atoms with Crippen LogP contribution in [0.4, 0.5) is 0 Å². The lowest BCUT2D eigenvalue weighted by Crippen LogP contribution is -2.22. The number of hydrogen-bond donors (Lipinski definition) is 2. The first-order valence-electron chi connectivity index (χ1n) is 7.53. The number of hydrogen-bond acceptors (Lipinski definition) is 3. The monoisotopic (exact) mass is 337 g/mol. The minimum Gasteiger partial charge on any atom is -0.491 e. The van der Waals surface area contributed by atoms with Gasteiger partial charge in [0.15, 0.2) is 5.96 Å². The standard InChI is InChI=1S/C16H23N5O.ClH/c17-16(18)20-9-5-1-2-6-12-22-15-8-4-3-7-14(15)21-11-10-19-13-21;/h3-4,7-8,10-11,13H,1-2,5-6,9,12H2,(H4,17,18,20);1H. The number of para-hydroxylation sites is 2. The topological polar surface area (TPSA) is 91.5 Å². The zero-order chi connectivity index (χ0) is 15.6. The van der Waals surface area contributed by atoms with Crippen molar-refractivity contribution in [2.45, 2.75) is 25.7 Å². The van der Waals surface area contributed by atoms with E-state index in [1.165, 1.54) is 0 Å². The van der Waals surface area contributed by atoms with E-state index in [9.17, 15) is 0 Å². The molecule has 0 fully saturated rings. The van der Waals surface area contributed by atoms with E-state index in [4.69, 9.17) is 16.2 Å². The second kappa shape index (κ2) is 10.5. The molecule has 0 unspecified atom stereocenters. The number of guanidine groups is 1. The molecule has 0 saturated carbocycles. The van der Waals surface area contributed by atoms with Gasteiger partial charge in [-0.3, -0.25) is 4.99 Å². The Morgan fingerprint density at radius 3 is 2.65 bits per heavy atom. The van der Waals surface area contributed by atoms with Crippen LogP contribution in [0, 0.1) is 0 Å². The molecule has 23 heavy (non-hydrogen) atoms. The zero-order valence-electron chi connectivity index (χ0n) is 13.1. The van der Waals surface area contributed by atoms with E-state index in [0.717, 1.165) is 37.1 Å². The van der Waals surface area contributed by atoms with E-state index in [-0.39, 0.29) is 18.4 Å². The molecule has 126 valence electrons. The molecule has 0 aliphatic heterocycles. The Morgan fingerprint density at radius 2 is 1.91 bits per heavy atom. The van der Waals surface area contributed by atoms with Crippen LogP contribution in [0.5, 0.6) is 5.75 Å². The molecule has 2 aromatic rings. The van der Waals surface area contributed by atoms with Crippen LogP contribution in [0.3, 0.4) is 0 Å². The number of rotatable bonds is 9. The van der Waals surface area contributed by atoms with Crippen LogP contribution in [0.2, 0.25) is 0 Å². The molecule has 6 nitrogen and oxygen atoms in total. The van der Waals surface area contributed by atoms with Crippen molar-refractivity contribution in [2.24, 2.45) is 16.5 Å². The second-order valence-electron chi connectivity index (χ2n) is 5.01. The number of aliphatic imine (C=N–C) groups is 1. The molecule has 1 heterocycles. The predicted molar refractivity (Wildman–Crippen MR) is 95.5 cm³/mol. The number of aromatic nitrogens is 2. The minimum absolute atomic E-state index is 0. The van der Waals surface area contributed by atoms with E-state index in [1.54, 1.807) is 12.5 Å². The van der Waals surface area contributed by atoms with E-state index >= 15 is 0 Å². The summed E-state index contributed by atoms with van der Waals surface area (Å²) in [6.45, 7) is 1.40. The molecule has 4 N–H and O–H groups in total. The van der Waals surface area contributed by atoms with Crippen LogP contribution < -0.4 is 16.2 Å². The smallest absolute Gasteiger partial charge is 0.185 e. The summed E-state index contributed by atoms with van der Waals surface area (Å²) in [6, 6.07) is 7.97. The van der Waals surface area contributed by atoms with Crippen molar-refractivity contribution in [3.8, 4) is 11.4 Å². The van der Waals surface area contributed by atoms with Gasteiger partial charge in [0, 0.05) is 18.9 Å². The summed E-state index contributed by atoms with van der Waals surface area (Å²) in [7, 11) is 0. The van der Waals surface area contributed by atoms with Crippen LogP contribution >= 0.6 is 12.4 Å². The fourth-order valence-electron chi connectivity index (χ4n) is 2.15. The molecule has 7 heteroatoms. The normalized spacial score (nSPS) is 9.91. The maximum atomic E-state index is 5.89. The molecule has 0 atom stereocenters. The van der Waals surface area contributed by atoms with Gasteiger partial charge in [-0.1, -0.05) is 18.6 Å². The molecule has 0 radical (unpaired) electrons. The van der Waals surface area contributed by atoms with Gasteiger partial charge >= 0.3 is 0 Å². The van der Waals surface area contributed by atoms with Gasteiger partial charge in [-0.05, 0) is 31.4 Å². The maximum Gasteiger partial charge on any atom is 0.185 e. The minimum atomic E-state index is 0. The third kappa shape index (κ3) is 6.61. The molecule has 1 aromatic heterocycles. The lowest BCUT2D eigenvalue weighted by molar-refractivity contribution is 0.304. The first-order valence-corrected chi connectivity index (χ1v) is 7.53. The summed E-state index contributed by atoms with van der Waals surface area (Å²) >= 11 is 0.